The smallest absolute Gasteiger partial charge is 0.0994 e. The Hall–Kier alpha value is -0.240. The van der Waals surface area contributed by atoms with Crippen LogP contribution in [0.5, 0.6) is 0 Å². The number of rotatable bonds is 7. The minimum absolute atomic E-state index is 0.119. The van der Waals surface area contributed by atoms with Crippen LogP contribution in [-0.2, 0) is 4.74 Å². The normalized spacial score (nSPS) is 31.2. The number of aliphatic hydroxyl groups is 2. The third-order valence-electron chi connectivity index (χ3n) is 6.16. The Bertz CT molecular complexity index is 393. The Morgan fingerprint density at radius 1 is 1.04 bits per heavy atom. The first-order chi connectivity index (χ1) is 11.4. The number of aliphatic hydroxyl groups excluding tert-OH is 1. The van der Waals surface area contributed by atoms with Gasteiger partial charge in [-0.05, 0) is 39.7 Å². The molecule has 0 spiro atoms. The summed E-state index contributed by atoms with van der Waals surface area (Å²) in [5.41, 5.74) is -0.542. The molecule has 3 aliphatic rings. The second kappa shape index (κ2) is 7.98. The highest BCUT2D eigenvalue weighted by atomic mass is 16.5. The van der Waals surface area contributed by atoms with E-state index in [1.807, 2.05) is 6.92 Å². The third kappa shape index (κ3) is 4.90. The Morgan fingerprint density at radius 2 is 1.71 bits per heavy atom. The van der Waals surface area contributed by atoms with Crippen LogP contribution in [0.3, 0.4) is 0 Å². The van der Waals surface area contributed by atoms with Crippen molar-refractivity contribution in [1.82, 2.24) is 14.7 Å². The topological polar surface area (TPSA) is 59.4 Å². The summed E-state index contributed by atoms with van der Waals surface area (Å²) in [4.78, 5) is 6.99. The van der Waals surface area contributed by atoms with Gasteiger partial charge in [0.25, 0.3) is 0 Å². The summed E-state index contributed by atoms with van der Waals surface area (Å²) in [5.74, 6) is 0.423. The number of nitrogens with zero attached hydrogens (tertiary/aromatic N) is 3. The largest absolute Gasteiger partial charge is 0.393 e. The second-order valence-corrected chi connectivity index (χ2v) is 8.38. The molecule has 0 bridgehead atoms. The molecule has 3 fully saturated rings. The summed E-state index contributed by atoms with van der Waals surface area (Å²) in [7, 11) is 2.11. The van der Waals surface area contributed by atoms with Crippen molar-refractivity contribution >= 4 is 0 Å². The van der Waals surface area contributed by atoms with Gasteiger partial charge in [0.15, 0.2) is 0 Å². The minimum atomic E-state index is -0.542. The van der Waals surface area contributed by atoms with Crippen molar-refractivity contribution < 1.29 is 14.9 Å². The molecule has 2 N–H and O–H groups in total. The van der Waals surface area contributed by atoms with Crippen molar-refractivity contribution in [3.63, 3.8) is 0 Å². The van der Waals surface area contributed by atoms with Crippen LogP contribution in [0.15, 0.2) is 0 Å². The first-order valence-corrected chi connectivity index (χ1v) is 9.57. The van der Waals surface area contributed by atoms with Crippen LogP contribution in [-0.4, -0.2) is 102 Å². The molecule has 0 aromatic carbocycles. The van der Waals surface area contributed by atoms with Crippen LogP contribution in [0.4, 0.5) is 0 Å². The van der Waals surface area contributed by atoms with Gasteiger partial charge >= 0.3 is 0 Å². The highest BCUT2D eigenvalue weighted by molar-refractivity contribution is 4.92. The molecule has 140 valence electrons. The van der Waals surface area contributed by atoms with Gasteiger partial charge in [-0.2, -0.15) is 0 Å². The van der Waals surface area contributed by atoms with E-state index in [1.54, 1.807) is 0 Å². The maximum Gasteiger partial charge on any atom is 0.0994 e. The fourth-order valence-electron chi connectivity index (χ4n) is 4.08. The lowest BCUT2D eigenvalue weighted by Gasteiger charge is -2.45. The van der Waals surface area contributed by atoms with Crippen LogP contribution in [0.1, 0.15) is 32.6 Å². The van der Waals surface area contributed by atoms with E-state index in [4.69, 9.17) is 4.74 Å². The summed E-state index contributed by atoms with van der Waals surface area (Å²) >= 11 is 0. The zero-order valence-electron chi connectivity index (χ0n) is 15.4. The SMILES string of the molecule is CN1CC(C(C)(O)CCN2CCC(OCN3CCC(O)CC3)C2)C1. The molecule has 0 amide bonds. The van der Waals surface area contributed by atoms with E-state index in [1.165, 1.54) is 0 Å². The molecule has 3 heterocycles. The highest BCUT2D eigenvalue weighted by Gasteiger charge is 2.39. The second-order valence-electron chi connectivity index (χ2n) is 8.38. The lowest BCUT2D eigenvalue weighted by atomic mass is 9.81. The summed E-state index contributed by atoms with van der Waals surface area (Å²) < 4.78 is 6.07. The summed E-state index contributed by atoms with van der Waals surface area (Å²) in [6, 6.07) is 0. The lowest BCUT2D eigenvalue weighted by Crippen LogP contribution is -2.55. The van der Waals surface area contributed by atoms with E-state index in [9.17, 15) is 10.2 Å². The van der Waals surface area contributed by atoms with Crippen LogP contribution in [0, 0.1) is 5.92 Å². The number of ether oxygens (including phenoxy) is 1. The predicted molar refractivity (Wildman–Crippen MR) is 93.8 cm³/mol. The van der Waals surface area contributed by atoms with E-state index in [-0.39, 0.29) is 6.10 Å². The Balaban J connectivity index is 1.31. The average Bonchev–Trinajstić information content (AvgIpc) is 2.97. The zero-order chi connectivity index (χ0) is 17.2. The molecule has 3 rings (SSSR count). The number of likely N-dealkylation sites (tertiary alicyclic amines) is 3. The molecule has 3 saturated heterocycles. The zero-order valence-corrected chi connectivity index (χ0v) is 15.4. The van der Waals surface area contributed by atoms with E-state index < -0.39 is 5.60 Å². The standard InChI is InChI=1S/C18H35N3O3/c1-18(23,15-11-19(2)12-15)6-10-20-9-5-17(13-20)24-14-21-7-3-16(22)4-8-21/h15-17,22-23H,3-14H2,1-2H3. The summed E-state index contributed by atoms with van der Waals surface area (Å²) in [6.45, 7) is 9.63. The molecule has 0 aromatic heterocycles. The van der Waals surface area contributed by atoms with Gasteiger partial charge in [0.2, 0.25) is 0 Å². The minimum Gasteiger partial charge on any atom is -0.393 e. The number of hydrogen-bond acceptors (Lipinski definition) is 6. The van der Waals surface area contributed by atoms with E-state index in [0.717, 1.165) is 71.5 Å². The van der Waals surface area contributed by atoms with Crippen molar-refractivity contribution in [2.45, 2.75) is 50.4 Å². The Morgan fingerprint density at radius 3 is 2.38 bits per heavy atom. The highest BCUT2D eigenvalue weighted by Crippen LogP contribution is 2.29. The van der Waals surface area contributed by atoms with Gasteiger partial charge < -0.3 is 24.7 Å². The van der Waals surface area contributed by atoms with Gasteiger partial charge in [0.05, 0.1) is 24.5 Å². The quantitative estimate of drug-likeness (QED) is 0.690. The van der Waals surface area contributed by atoms with Crippen molar-refractivity contribution in [2.75, 3.05) is 59.6 Å². The number of hydrogen-bond donors (Lipinski definition) is 2. The first kappa shape index (κ1) is 18.5. The van der Waals surface area contributed by atoms with Crippen molar-refractivity contribution in [3.8, 4) is 0 Å². The van der Waals surface area contributed by atoms with Crippen molar-refractivity contribution in [2.24, 2.45) is 5.92 Å². The maximum atomic E-state index is 10.7. The van der Waals surface area contributed by atoms with Crippen LogP contribution >= 0.6 is 0 Å². The summed E-state index contributed by atoms with van der Waals surface area (Å²) in [5, 5.41) is 20.2. The third-order valence-corrected chi connectivity index (χ3v) is 6.16. The molecule has 3 aliphatic heterocycles. The molecule has 6 heteroatoms. The molecule has 0 aromatic rings. The molecule has 24 heavy (non-hydrogen) atoms. The fourth-order valence-corrected chi connectivity index (χ4v) is 4.08. The molecule has 0 radical (unpaired) electrons. The maximum absolute atomic E-state index is 10.7. The molecular formula is C18H35N3O3. The van der Waals surface area contributed by atoms with E-state index in [2.05, 4.69) is 21.7 Å². The molecule has 2 atom stereocenters. The van der Waals surface area contributed by atoms with Crippen molar-refractivity contribution in [1.29, 1.82) is 0 Å². The Kier molecular flexibility index (Phi) is 6.16. The monoisotopic (exact) mass is 341 g/mol. The molecular weight excluding hydrogens is 306 g/mol. The molecule has 0 saturated carbocycles. The molecule has 2 unspecified atom stereocenters. The lowest BCUT2D eigenvalue weighted by molar-refractivity contribution is -0.0753. The Labute approximate surface area is 146 Å². The van der Waals surface area contributed by atoms with Gasteiger partial charge in [-0.1, -0.05) is 0 Å². The molecule has 6 nitrogen and oxygen atoms in total. The van der Waals surface area contributed by atoms with Gasteiger partial charge in [0, 0.05) is 51.7 Å². The van der Waals surface area contributed by atoms with E-state index in [0.29, 0.717) is 18.8 Å². The van der Waals surface area contributed by atoms with Crippen molar-refractivity contribution in [3.05, 3.63) is 0 Å². The van der Waals surface area contributed by atoms with Crippen LogP contribution in [0.2, 0.25) is 0 Å². The molecule has 0 aliphatic carbocycles. The van der Waals surface area contributed by atoms with Gasteiger partial charge in [-0.25, -0.2) is 0 Å². The van der Waals surface area contributed by atoms with Gasteiger partial charge in [-0.3, -0.25) is 4.90 Å². The predicted octanol–water partition coefficient (Wildman–Crippen LogP) is 0.194. The van der Waals surface area contributed by atoms with Crippen LogP contribution in [0.25, 0.3) is 0 Å². The van der Waals surface area contributed by atoms with Gasteiger partial charge in [-0.15, -0.1) is 0 Å². The van der Waals surface area contributed by atoms with E-state index >= 15 is 0 Å². The van der Waals surface area contributed by atoms with Gasteiger partial charge in [0.1, 0.15) is 0 Å². The fraction of sp³-hybridized carbons (Fsp3) is 1.00. The summed E-state index contributed by atoms with van der Waals surface area (Å²) in [6.07, 6.45) is 3.87. The average molecular weight is 341 g/mol. The first-order valence-electron chi connectivity index (χ1n) is 9.57. The van der Waals surface area contributed by atoms with Crippen LogP contribution < -0.4 is 0 Å². The number of piperidine rings is 1.